The van der Waals surface area contributed by atoms with Crippen LogP contribution < -0.4 is 10.1 Å². The Hall–Kier alpha value is -1.13. The van der Waals surface area contributed by atoms with Crippen molar-refractivity contribution in [2.24, 2.45) is 0 Å². The van der Waals surface area contributed by atoms with E-state index in [1.807, 2.05) is 18.3 Å². The van der Waals surface area contributed by atoms with Crippen LogP contribution in [-0.2, 0) is 11.3 Å². The second kappa shape index (κ2) is 7.20. The summed E-state index contributed by atoms with van der Waals surface area (Å²) in [6.45, 7) is 5.01. The van der Waals surface area contributed by atoms with Gasteiger partial charge in [-0.1, -0.05) is 13.0 Å². The van der Waals surface area contributed by atoms with Gasteiger partial charge in [-0.3, -0.25) is 0 Å². The summed E-state index contributed by atoms with van der Waals surface area (Å²) in [6, 6.07) is 3.89. The molecule has 0 bridgehead atoms. The van der Waals surface area contributed by atoms with Crippen LogP contribution in [0.1, 0.15) is 12.5 Å². The van der Waals surface area contributed by atoms with Gasteiger partial charge in [0.2, 0.25) is 5.88 Å². The summed E-state index contributed by atoms with van der Waals surface area (Å²) < 4.78 is 10.2. The van der Waals surface area contributed by atoms with Crippen LogP contribution in [0, 0.1) is 0 Å². The molecule has 0 aliphatic carbocycles. The monoisotopic (exact) mass is 210 g/mol. The zero-order valence-corrected chi connectivity index (χ0v) is 9.32. The van der Waals surface area contributed by atoms with Crippen molar-refractivity contribution in [1.29, 1.82) is 0 Å². The van der Waals surface area contributed by atoms with Gasteiger partial charge >= 0.3 is 0 Å². The maximum absolute atomic E-state index is 5.35. The molecule has 1 N–H and O–H groups in total. The van der Waals surface area contributed by atoms with Gasteiger partial charge in [0.15, 0.2) is 0 Å². The summed E-state index contributed by atoms with van der Waals surface area (Å²) in [5, 5.41) is 3.24. The Balaban J connectivity index is 2.35. The predicted octanol–water partition coefficient (Wildman–Crippen LogP) is 1.22. The molecule has 1 aromatic rings. The van der Waals surface area contributed by atoms with E-state index in [4.69, 9.17) is 9.47 Å². The lowest BCUT2D eigenvalue weighted by Gasteiger charge is -2.05. The van der Waals surface area contributed by atoms with Gasteiger partial charge in [-0.2, -0.15) is 0 Å². The highest BCUT2D eigenvalue weighted by Gasteiger charge is 1.96. The highest BCUT2D eigenvalue weighted by atomic mass is 16.5. The number of ether oxygens (including phenoxy) is 2. The zero-order chi connectivity index (χ0) is 10.9. The van der Waals surface area contributed by atoms with Crippen molar-refractivity contribution in [3.05, 3.63) is 23.9 Å². The Bertz CT molecular complexity index is 262. The Morgan fingerprint density at radius 3 is 2.80 bits per heavy atom. The van der Waals surface area contributed by atoms with Crippen molar-refractivity contribution in [2.45, 2.75) is 13.5 Å². The maximum Gasteiger partial charge on any atom is 0.213 e. The van der Waals surface area contributed by atoms with Gasteiger partial charge in [0.05, 0.1) is 6.61 Å². The molecule has 0 spiro atoms. The molecular weight excluding hydrogens is 192 g/mol. The number of hydrogen-bond acceptors (Lipinski definition) is 4. The first-order valence-corrected chi connectivity index (χ1v) is 5.14. The number of rotatable bonds is 7. The summed E-state index contributed by atoms with van der Waals surface area (Å²) in [7, 11) is 1.65. The predicted molar refractivity (Wildman–Crippen MR) is 59.0 cm³/mol. The Labute approximate surface area is 90.6 Å². The van der Waals surface area contributed by atoms with Crippen LogP contribution in [0.5, 0.6) is 5.88 Å². The van der Waals surface area contributed by atoms with Crippen molar-refractivity contribution >= 4 is 0 Å². The van der Waals surface area contributed by atoms with Crippen LogP contribution in [0.4, 0.5) is 0 Å². The normalized spacial score (nSPS) is 10.3. The van der Waals surface area contributed by atoms with Gasteiger partial charge in [-0.05, 0) is 12.1 Å². The van der Waals surface area contributed by atoms with E-state index in [2.05, 4.69) is 17.2 Å². The van der Waals surface area contributed by atoms with Crippen molar-refractivity contribution in [1.82, 2.24) is 10.3 Å². The molecule has 0 aliphatic heterocycles. The van der Waals surface area contributed by atoms with Crippen LogP contribution in [0.3, 0.4) is 0 Å². The van der Waals surface area contributed by atoms with Gasteiger partial charge in [0.25, 0.3) is 0 Å². The number of methoxy groups -OCH3 is 1. The van der Waals surface area contributed by atoms with Crippen LogP contribution in [-0.4, -0.2) is 31.9 Å². The van der Waals surface area contributed by atoms with Gasteiger partial charge in [-0.15, -0.1) is 0 Å². The molecule has 0 amide bonds. The van der Waals surface area contributed by atoms with Crippen molar-refractivity contribution in [2.75, 3.05) is 26.9 Å². The third-order valence-corrected chi connectivity index (χ3v) is 1.91. The summed E-state index contributed by atoms with van der Waals surface area (Å²) in [5.41, 5.74) is 1.16. The maximum atomic E-state index is 5.35. The summed E-state index contributed by atoms with van der Waals surface area (Å²) >= 11 is 0. The smallest absolute Gasteiger partial charge is 0.213 e. The minimum absolute atomic E-state index is 0.538. The van der Waals surface area contributed by atoms with E-state index in [0.29, 0.717) is 19.1 Å². The highest BCUT2D eigenvalue weighted by Crippen LogP contribution is 2.07. The average molecular weight is 210 g/mol. The second-order valence-corrected chi connectivity index (χ2v) is 3.13. The fraction of sp³-hybridized carbons (Fsp3) is 0.545. The van der Waals surface area contributed by atoms with Crippen LogP contribution in [0.2, 0.25) is 0 Å². The van der Waals surface area contributed by atoms with E-state index in [0.717, 1.165) is 18.7 Å². The Morgan fingerprint density at radius 2 is 2.20 bits per heavy atom. The quantitative estimate of drug-likeness (QED) is 0.687. The van der Waals surface area contributed by atoms with E-state index < -0.39 is 0 Å². The zero-order valence-electron chi connectivity index (χ0n) is 9.32. The third kappa shape index (κ3) is 4.76. The fourth-order valence-corrected chi connectivity index (χ4v) is 1.10. The lowest BCUT2D eigenvalue weighted by Crippen LogP contribution is -2.12. The molecule has 4 nitrogen and oxygen atoms in total. The minimum atomic E-state index is 0.538. The molecule has 84 valence electrons. The Morgan fingerprint density at radius 1 is 1.33 bits per heavy atom. The average Bonchev–Trinajstić information content (AvgIpc) is 2.28. The van der Waals surface area contributed by atoms with E-state index in [-0.39, 0.29) is 0 Å². The van der Waals surface area contributed by atoms with Crippen molar-refractivity contribution < 1.29 is 9.47 Å². The number of nitrogens with zero attached hydrogens (tertiary/aromatic N) is 1. The molecule has 15 heavy (non-hydrogen) atoms. The molecule has 0 saturated heterocycles. The molecule has 0 aromatic carbocycles. The molecule has 0 fully saturated rings. The number of pyridine rings is 1. The van der Waals surface area contributed by atoms with Gasteiger partial charge in [-0.25, -0.2) is 4.98 Å². The van der Waals surface area contributed by atoms with Crippen LogP contribution >= 0.6 is 0 Å². The Kier molecular flexibility index (Phi) is 5.73. The molecular formula is C11H18N2O2. The van der Waals surface area contributed by atoms with Gasteiger partial charge in [0.1, 0.15) is 6.61 Å². The summed E-state index contributed by atoms with van der Waals surface area (Å²) in [4.78, 5) is 4.19. The lowest BCUT2D eigenvalue weighted by atomic mass is 10.3. The fourth-order valence-electron chi connectivity index (χ4n) is 1.10. The van der Waals surface area contributed by atoms with Crippen molar-refractivity contribution in [3.8, 4) is 5.88 Å². The number of nitrogens with one attached hydrogen (secondary N) is 1. The minimum Gasteiger partial charge on any atom is -0.475 e. The largest absolute Gasteiger partial charge is 0.475 e. The SMILES string of the molecule is CCNCc1ccc(OCCOC)nc1. The molecule has 1 aromatic heterocycles. The second-order valence-electron chi connectivity index (χ2n) is 3.13. The van der Waals surface area contributed by atoms with Gasteiger partial charge in [0, 0.05) is 25.9 Å². The topological polar surface area (TPSA) is 43.4 Å². The molecule has 0 saturated carbocycles. The van der Waals surface area contributed by atoms with Crippen LogP contribution in [0.15, 0.2) is 18.3 Å². The molecule has 0 aliphatic rings. The summed E-state index contributed by atoms with van der Waals surface area (Å²) in [6.07, 6.45) is 1.82. The first-order chi connectivity index (χ1) is 7.36. The molecule has 0 radical (unpaired) electrons. The van der Waals surface area contributed by atoms with E-state index in [1.54, 1.807) is 7.11 Å². The molecule has 0 unspecified atom stereocenters. The molecule has 1 heterocycles. The van der Waals surface area contributed by atoms with E-state index >= 15 is 0 Å². The highest BCUT2D eigenvalue weighted by molar-refractivity contribution is 5.17. The number of hydrogen-bond donors (Lipinski definition) is 1. The lowest BCUT2D eigenvalue weighted by molar-refractivity contribution is 0.143. The molecule has 0 atom stereocenters. The van der Waals surface area contributed by atoms with Crippen LogP contribution in [0.25, 0.3) is 0 Å². The third-order valence-electron chi connectivity index (χ3n) is 1.91. The van der Waals surface area contributed by atoms with E-state index in [9.17, 15) is 0 Å². The first kappa shape index (κ1) is 11.9. The molecule has 1 rings (SSSR count). The number of aromatic nitrogens is 1. The van der Waals surface area contributed by atoms with Gasteiger partial charge < -0.3 is 14.8 Å². The van der Waals surface area contributed by atoms with E-state index in [1.165, 1.54) is 0 Å². The summed E-state index contributed by atoms with van der Waals surface area (Å²) in [5.74, 6) is 0.646. The van der Waals surface area contributed by atoms with Crippen molar-refractivity contribution in [3.63, 3.8) is 0 Å². The first-order valence-electron chi connectivity index (χ1n) is 5.14. The molecule has 4 heteroatoms. The standard InChI is InChI=1S/C11H18N2O2/c1-3-12-8-10-4-5-11(13-9-10)15-7-6-14-2/h4-5,9,12H,3,6-8H2,1-2H3.